The quantitative estimate of drug-likeness (QED) is 0.353. The van der Waals surface area contributed by atoms with Crippen LogP contribution in [-0.4, -0.2) is 60.1 Å². The highest BCUT2D eigenvalue weighted by molar-refractivity contribution is 5.87. The molecule has 0 fully saturated rings. The van der Waals surface area contributed by atoms with Gasteiger partial charge in [-0.2, -0.15) is 0 Å². The molecule has 0 aliphatic heterocycles. The lowest BCUT2D eigenvalue weighted by Gasteiger charge is -2.25. The summed E-state index contributed by atoms with van der Waals surface area (Å²) >= 11 is 0. The van der Waals surface area contributed by atoms with Crippen molar-refractivity contribution in [3.8, 4) is 0 Å². The van der Waals surface area contributed by atoms with Gasteiger partial charge >= 0.3 is 18.2 Å². The third-order valence-corrected chi connectivity index (χ3v) is 4.00. The minimum atomic E-state index is -1.15. The Kier molecular flexibility index (Phi) is 11.3. The SMILES string of the molecule is CC(C)COC(=O)OC(=O)C[C@H](CO)NC(=O)[C@H](Cc1ccccc1)NC(=O)OC(C)(C)C. The molecular weight excluding hydrogens is 432 g/mol. The summed E-state index contributed by atoms with van der Waals surface area (Å²) < 4.78 is 14.5. The van der Waals surface area contributed by atoms with Crippen LogP contribution in [0, 0.1) is 5.92 Å². The Morgan fingerprint density at radius 3 is 2.21 bits per heavy atom. The minimum Gasteiger partial charge on any atom is -0.444 e. The number of benzene rings is 1. The van der Waals surface area contributed by atoms with E-state index in [0.29, 0.717) is 0 Å². The number of rotatable bonds is 10. The number of nitrogens with one attached hydrogen (secondary N) is 2. The third-order valence-electron chi connectivity index (χ3n) is 4.00. The molecule has 10 heteroatoms. The van der Waals surface area contributed by atoms with E-state index in [1.807, 2.05) is 19.9 Å². The fourth-order valence-corrected chi connectivity index (χ4v) is 2.57. The van der Waals surface area contributed by atoms with Crippen molar-refractivity contribution in [1.29, 1.82) is 0 Å². The molecule has 3 N–H and O–H groups in total. The number of aliphatic hydroxyl groups excluding tert-OH is 1. The number of amides is 2. The molecule has 2 atom stereocenters. The van der Waals surface area contributed by atoms with Gasteiger partial charge in [0.25, 0.3) is 0 Å². The van der Waals surface area contributed by atoms with E-state index in [0.717, 1.165) is 5.56 Å². The molecule has 0 saturated carbocycles. The number of hydrogen-bond acceptors (Lipinski definition) is 8. The average Bonchev–Trinajstić information content (AvgIpc) is 2.70. The second-order valence-electron chi connectivity index (χ2n) is 8.91. The van der Waals surface area contributed by atoms with Crippen molar-refractivity contribution in [2.24, 2.45) is 5.92 Å². The number of alkyl carbamates (subject to hydrolysis) is 1. The lowest BCUT2D eigenvalue weighted by atomic mass is 10.0. The third kappa shape index (κ3) is 12.5. The highest BCUT2D eigenvalue weighted by atomic mass is 16.7. The largest absolute Gasteiger partial charge is 0.516 e. The predicted octanol–water partition coefficient (Wildman–Crippen LogP) is 2.33. The first-order chi connectivity index (χ1) is 15.4. The van der Waals surface area contributed by atoms with Crippen molar-refractivity contribution in [2.45, 2.75) is 65.1 Å². The average molecular weight is 467 g/mol. The summed E-state index contributed by atoms with van der Waals surface area (Å²) in [4.78, 5) is 48.6. The maximum absolute atomic E-state index is 12.9. The molecule has 1 rings (SSSR count). The molecule has 0 aliphatic rings. The molecule has 0 heterocycles. The Morgan fingerprint density at radius 1 is 1.03 bits per heavy atom. The highest BCUT2D eigenvalue weighted by Gasteiger charge is 2.27. The van der Waals surface area contributed by atoms with Gasteiger partial charge in [0.1, 0.15) is 11.6 Å². The Morgan fingerprint density at radius 2 is 1.67 bits per heavy atom. The number of aliphatic hydroxyl groups is 1. The zero-order chi connectivity index (χ0) is 25.0. The number of hydrogen-bond donors (Lipinski definition) is 3. The van der Waals surface area contributed by atoms with Gasteiger partial charge in [-0.3, -0.25) is 9.59 Å². The Balaban J connectivity index is 2.78. The zero-order valence-corrected chi connectivity index (χ0v) is 19.8. The fourth-order valence-electron chi connectivity index (χ4n) is 2.57. The van der Waals surface area contributed by atoms with Crippen molar-refractivity contribution >= 4 is 24.1 Å². The second kappa shape index (κ2) is 13.4. The maximum Gasteiger partial charge on any atom is 0.516 e. The molecule has 0 aromatic heterocycles. The molecule has 0 spiro atoms. The molecule has 0 bridgehead atoms. The number of carbonyl (C=O) groups excluding carboxylic acids is 4. The van der Waals surface area contributed by atoms with Gasteiger partial charge in [-0.05, 0) is 32.3 Å². The molecule has 0 unspecified atom stereocenters. The van der Waals surface area contributed by atoms with E-state index in [1.54, 1.807) is 45.0 Å². The first kappa shape index (κ1) is 27.9. The summed E-state index contributed by atoms with van der Waals surface area (Å²) in [5, 5.41) is 14.6. The molecule has 1 aromatic carbocycles. The standard InChI is InChI=1S/C23H34N2O8/c1-15(2)14-31-22(30)32-19(27)12-17(13-26)24-20(28)18(11-16-9-7-6-8-10-16)25-21(29)33-23(3,4)5/h6-10,15,17-18,26H,11-14H2,1-5H3,(H,24,28)(H,25,29)/t17-,18+/m1/s1. The normalized spacial score (nSPS) is 12.9. The smallest absolute Gasteiger partial charge is 0.444 e. The van der Waals surface area contributed by atoms with Crippen LogP contribution in [0.1, 0.15) is 46.6 Å². The highest BCUT2D eigenvalue weighted by Crippen LogP contribution is 2.09. The van der Waals surface area contributed by atoms with Gasteiger partial charge < -0.3 is 30.0 Å². The number of carbonyl (C=O) groups is 4. The Hall–Kier alpha value is -3.14. The monoisotopic (exact) mass is 466 g/mol. The van der Waals surface area contributed by atoms with Crippen LogP contribution in [0.25, 0.3) is 0 Å². The summed E-state index contributed by atoms with van der Waals surface area (Å²) in [6.07, 6.45) is -2.25. The van der Waals surface area contributed by atoms with Gasteiger partial charge in [-0.1, -0.05) is 44.2 Å². The van der Waals surface area contributed by atoms with E-state index in [2.05, 4.69) is 15.4 Å². The topological polar surface area (TPSA) is 140 Å². The van der Waals surface area contributed by atoms with Crippen LogP contribution in [0.4, 0.5) is 9.59 Å². The molecule has 10 nitrogen and oxygen atoms in total. The van der Waals surface area contributed by atoms with Gasteiger partial charge in [0.05, 0.1) is 25.7 Å². The number of ether oxygens (including phenoxy) is 3. The van der Waals surface area contributed by atoms with E-state index >= 15 is 0 Å². The van der Waals surface area contributed by atoms with Crippen molar-refractivity contribution < 1.29 is 38.5 Å². The van der Waals surface area contributed by atoms with Crippen LogP contribution >= 0.6 is 0 Å². The van der Waals surface area contributed by atoms with Crippen LogP contribution in [0.5, 0.6) is 0 Å². The first-order valence-electron chi connectivity index (χ1n) is 10.7. The van der Waals surface area contributed by atoms with E-state index < -0.39 is 54.8 Å². The van der Waals surface area contributed by atoms with Gasteiger partial charge in [0, 0.05) is 6.42 Å². The zero-order valence-electron chi connectivity index (χ0n) is 19.8. The maximum atomic E-state index is 12.9. The Bertz CT molecular complexity index is 789. The Labute approximate surface area is 194 Å². The van der Waals surface area contributed by atoms with Crippen LogP contribution in [0.2, 0.25) is 0 Å². The molecule has 33 heavy (non-hydrogen) atoms. The molecule has 184 valence electrons. The van der Waals surface area contributed by atoms with Gasteiger partial charge in [0.15, 0.2) is 0 Å². The van der Waals surface area contributed by atoms with Gasteiger partial charge in [0.2, 0.25) is 5.91 Å². The van der Waals surface area contributed by atoms with Gasteiger partial charge in [-0.25, -0.2) is 9.59 Å². The fraction of sp³-hybridized carbons (Fsp3) is 0.565. The number of esters is 1. The lowest BCUT2D eigenvalue weighted by molar-refractivity contribution is -0.141. The predicted molar refractivity (Wildman–Crippen MR) is 119 cm³/mol. The van der Waals surface area contributed by atoms with Crippen LogP contribution in [-0.2, 0) is 30.2 Å². The van der Waals surface area contributed by atoms with Crippen LogP contribution < -0.4 is 10.6 Å². The molecule has 1 aromatic rings. The van der Waals surface area contributed by atoms with Crippen molar-refractivity contribution in [3.63, 3.8) is 0 Å². The van der Waals surface area contributed by atoms with Crippen molar-refractivity contribution in [1.82, 2.24) is 10.6 Å². The van der Waals surface area contributed by atoms with Crippen molar-refractivity contribution in [2.75, 3.05) is 13.2 Å². The van der Waals surface area contributed by atoms with Crippen LogP contribution in [0.3, 0.4) is 0 Å². The minimum absolute atomic E-state index is 0.0659. The van der Waals surface area contributed by atoms with E-state index in [9.17, 15) is 24.3 Å². The molecule has 0 aliphatic carbocycles. The first-order valence-corrected chi connectivity index (χ1v) is 10.7. The van der Waals surface area contributed by atoms with E-state index in [-0.39, 0.29) is 18.9 Å². The summed E-state index contributed by atoms with van der Waals surface area (Å²) in [7, 11) is 0. The summed E-state index contributed by atoms with van der Waals surface area (Å²) in [5.41, 5.74) is 0.0148. The van der Waals surface area contributed by atoms with E-state index in [4.69, 9.17) is 9.47 Å². The molecular formula is C23H34N2O8. The lowest BCUT2D eigenvalue weighted by Crippen LogP contribution is -2.52. The molecule has 2 amide bonds. The summed E-state index contributed by atoms with van der Waals surface area (Å²) in [5.74, 6) is -1.54. The molecule has 0 saturated heterocycles. The van der Waals surface area contributed by atoms with Crippen LogP contribution in [0.15, 0.2) is 30.3 Å². The van der Waals surface area contributed by atoms with E-state index in [1.165, 1.54) is 0 Å². The van der Waals surface area contributed by atoms with Crippen molar-refractivity contribution in [3.05, 3.63) is 35.9 Å². The summed E-state index contributed by atoms with van der Waals surface area (Å²) in [6.45, 7) is 8.22. The summed E-state index contributed by atoms with van der Waals surface area (Å²) in [6, 6.07) is 6.91. The van der Waals surface area contributed by atoms with Gasteiger partial charge in [-0.15, -0.1) is 0 Å². The second-order valence-corrected chi connectivity index (χ2v) is 8.91. The molecule has 0 radical (unpaired) electrons.